The Hall–Kier alpha value is -2.34. The van der Waals surface area contributed by atoms with Crippen LogP contribution in [0.25, 0.3) is 5.57 Å². The minimum absolute atomic E-state index is 0.322. The molecule has 106 valence electrons. The number of nitrogens with zero attached hydrogens (tertiary/aromatic N) is 2. The molecule has 0 radical (unpaired) electrons. The lowest BCUT2D eigenvalue weighted by molar-refractivity contribution is -0.112. The number of aromatic nitrogens is 2. The number of fused-ring (bicyclic) bond motifs is 1. The summed E-state index contributed by atoms with van der Waals surface area (Å²) in [6.07, 6.45) is 0. The van der Waals surface area contributed by atoms with Gasteiger partial charge in [-0.15, -0.1) is 0 Å². The van der Waals surface area contributed by atoms with Crippen molar-refractivity contribution >= 4 is 28.9 Å². The molecule has 5 nitrogen and oxygen atoms in total. The summed E-state index contributed by atoms with van der Waals surface area (Å²) in [6, 6.07) is 9.69. The predicted octanol–water partition coefficient (Wildman–Crippen LogP) is 2.47. The number of primary amides is 1. The van der Waals surface area contributed by atoms with Gasteiger partial charge in [0.1, 0.15) is 5.57 Å². The minimum Gasteiger partial charge on any atom is -0.365 e. The van der Waals surface area contributed by atoms with Crippen LogP contribution in [0.15, 0.2) is 40.3 Å². The van der Waals surface area contributed by atoms with Gasteiger partial charge in [0.15, 0.2) is 5.82 Å². The molecule has 0 bridgehead atoms. The van der Waals surface area contributed by atoms with E-state index in [1.807, 2.05) is 44.2 Å². The first-order valence-electron chi connectivity index (χ1n) is 6.45. The third-order valence-corrected chi connectivity index (χ3v) is 4.11. The number of nitrogens with one attached hydrogen (secondary N) is 1. The highest BCUT2D eigenvalue weighted by molar-refractivity contribution is 8.04. The first-order chi connectivity index (χ1) is 10.0. The second-order valence-corrected chi connectivity index (χ2v) is 5.82. The number of para-hydroxylation sites is 1. The number of rotatable bonds is 2. The number of carbonyl (C=O) groups is 1. The third kappa shape index (κ3) is 2.62. The van der Waals surface area contributed by atoms with Crippen molar-refractivity contribution in [2.45, 2.75) is 18.7 Å². The van der Waals surface area contributed by atoms with Crippen LogP contribution in [0.1, 0.15) is 17.2 Å². The summed E-state index contributed by atoms with van der Waals surface area (Å²) in [5, 5.41) is 3.89. The van der Waals surface area contributed by atoms with Crippen LogP contribution >= 0.6 is 11.8 Å². The van der Waals surface area contributed by atoms with E-state index in [1.54, 1.807) is 0 Å². The number of amides is 1. The van der Waals surface area contributed by atoms with Crippen molar-refractivity contribution in [3.8, 4) is 0 Å². The Labute approximate surface area is 126 Å². The summed E-state index contributed by atoms with van der Waals surface area (Å²) in [6.45, 7) is 3.73. The standard InChI is InChI=1S/C15H14N4OS/c1-8-7-9(2)18-14(17-8)12(13(16)20)15-19-10-5-3-4-6-11(10)21-15/h3-7,19H,1-2H3,(H2,16,20)/b15-12-. The largest absolute Gasteiger partial charge is 0.365 e. The first kappa shape index (κ1) is 13.6. The second kappa shape index (κ2) is 5.21. The maximum atomic E-state index is 11.9. The smallest absolute Gasteiger partial charge is 0.255 e. The average molecular weight is 298 g/mol. The van der Waals surface area contributed by atoms with E-state index < -0.39 is 5.91 Å². The number of aryl methyl sites for hydroxylation is 2. The molecule has 0 spiro atoms. The van der Waals surface area contributed by atoms with Gasteiger partial charge in [-0.25, -0.2) is 9.97 Å². The van der Waals surface area contributed by atoms with E-state index in [4.69, 9.17) is 5.73 Å². The number of benzene rings is 1. The molecule has 1 amide bonds. The van der Waals surface area contributed by atoms with Gasteiger partial charge in [0.2, 0.25) is 0 Å². The third-order valence-electron chi connectivity index (χ3n) is 3.03. The van der Waals surface area contributed by atoms with Crippen molar-refractivity contribution in [3.63, 3.8) is 0 Å². The molecule has 1 aromatic heterocycles. The van der Waals surface area contributed by atoms with Gasteiger partial charge in [-0.2, -0.15) is 0 Å². The Bertz CT molecular complexity index is 723. The molecule has 0 aliphatic carbocycles. The molecule has 2 heterocycles. The molecule has 0 atom stereocenters. The maximum absolute atomic E-state index is 11.9. The summed E-state index contributed by atoms with van der Waals surface area (Å²) < 4.78 is 0. The maximum Gasteiger partial charge on any atom is 0.255 e. The molecule has 0 saturated carbocycles. The van der Waals surface area contributed by atoms with Gasteiger partial charge in [-0.1, -0.05) is 23.9 Å². The fourth-order valence-electron chi connectivity index (χ4n) is 2.19. The van der Waals surface area contributed by atoms with Crippen molar-refractivity contribution in [3.05, 3.63) is 52.6 Å². The number of hydrogen-bond donors (Lipinski definition) is 2. The normalized spacial score (nSPS) is 15.3. The molecule has 21 heavy (non-hydrogen) atoms. The van der Waals surface area contributed by atoms with Crippen LogP contribution in [0.4, 0.5) is 5.69 Å². The predicted molar refractivity (Wildman–Crippen MR) is 83.5 cm³/mol. The van der Waals surface area contributed by atoms with Gasteiger partial charge in [0.25, 0.3) is 5.91 Å². The zero-order chi connectivity index (χ0) is 15.0. The van der Waals surface area contributed by atoms with E-state index in [1.165, 1.54) is 11.8 Å². The summed E-state index contributed by atoms with van der Waals surface area (Å²) in [7, 11) is 0. The SMILES string of the molecule is Cc1cc(C)nc(/C(C(N)=O)=C2/Nc3ccccc3S2)n1. The molecule has 0 saturated heterocycles. The van der Waals surface area contributed by atoms with E-state index in [9.17, 15) is 4.79 Å². The zero-order valence-corrected chi connectivity index (χ0v) is 12.5. The van der Waals surface area contributed by atoms with Crippen LogP contribution in [-0.2, 0) is 4.79 Å². The molecule has 6 heteroatoms. The van der Waals surface area contributed by atoms with E-state index in [0.717, 1.165) is 22.0 Å². The number of anilines is 1. The summed E-state index contributed by atoms with van der Waals surface area (Å²) in [5.41, 5.74) is 8.44. The molecule has 0 unspecified atom stereocenters. The van der Waals surface area contributed by atoms with Crippen LogP contribution in [0.2, 0.25) is 0 Å². The minimum atomic E-state index is -0.539. The van der Waals surface area contributed by atoms with Crippen molar-refractivity contribution in [1.29, 1.82) is 0 Å². The summed E-state index contributed by atoms with van der Waals surface area (Å²) in [4.78, 5) is 21.6. The Morgan fingerprint density at radius 1 is 1.19 bits per heavy atom. The van der Waals surface area contributed by atoms with Crippen LogP contribution in [-0.4, -0.2) is 15.9 Å². The molecular formula is C15H14N4OS. The lowest BCUT2D eigenvalue weighted by Gasteiger charge is -2.08. The van der Waals surface area contributed by atoms with E-state index in [2.05, 4.69) is 15.3 Å². The van der Waals surface area contributed by atoms with Crippen molar-refractivity contribution in [2.75, 3.05) is 5.32 Å². The fraction of sp³-hybridized carbons (Fsp3) is 0.133. The topological polar surface area (TPSA) is 80.9 Å². The lowest BCUT2D eigenvalue weighted by Crippen LogP contribution is -2.18. The number of nitrogens with two attached hydrogens (primary N) is 1. The Balaban J connectivity index is 2.12. The lowest BCUT2D eigenvalue weighted by atomic mass is 10.2. The molecule has 1 aliphatic rings. The highest BCUT2D eigenvalue weighted by atomic mass is 32.2. The Morgan fingerprint density at radius 3 is 2.48 bits per heavy atom. The van der Waals surface area contributed by atoms with Crippen molar-refractivity contribution < 1.29 is 4.79 Å². The van der Waals surface area contributed by atoms with Gasteiger partial charge < -0.3 is 11.1 Å². The van der Waals surface area contributed by atoms with Gasteiger partial charge in [0.05, 0.1) is 10.7 Å². The number of carbonyl (C=O) groups excluding carboxylic acids is 1. The fourth-order valence-corrected chi connectivity index (χ4v) is 3.24. The van der Waals surface area contributed by atoms with Crippen molar-refractivity contribution in [1.82, 2.24) is 9.97 Å². The number of hydrogen-bond acceptors (Lipinski definition) is 5. The Kier molecular flexibility index (Phi) is 3.39. The van der Waals surface area contributed by atoms with Crippen molar-refractivity contribution in [2.24, 2.45) is 5.73 Å². The highest BCUT2D eigenvalue weighted by Crippen LogP contribution is 2.43. The molecular weight excluding hydrogens is 284 g/mol. The van der Waals surface area contributed by atoms with Gasteiger partial charge >= 0.3 is 0 Å². The van der Waals surface area contributed by atoms with Gasteiger partial charge in [-0.3, -0.25) is 4.79 Å². The second-order valence-electron chi connectivity index (χ2n) is 4.77. The monoisotopic (exact) mass is 298 g/mol. The van der Waals surface area contributed by atoms with Crippen LogP contribution in [0, 0.1) is 13.8 Å². The molecule has 0 fully saturated rings. The molecule has 2 aromatic rings. The molecule has 3 rings (SSSR count). The highest BCUT2D eigenvalue weighted by Gasteiger charge is 2.24. The zero-order valence-electron chi connectivity index (χ0n) is 11.7. The molecule has 1 aromatic carbocycles. The van der Waals surface area contributed by atoms with Gasteiger partial charge in [-0.05, 0) is 32.0 Å². The molecule has 1 aliphatic heterocycles. The first-order valence-corrected chi connectivity index (χ1v) is 7.27. The average Bonchev–Trinajstić information content (AvgIpc) is 2.80. The van der Waals surface area contributed by atoms with E-state index in [0.29, 0.717) is 16.4 Å². The van der Waals surface area contributed by atoms with Gasteiger partial charge in [0, 0.05) is 16.3 Å². The summed E-state index contributed by atoms with van der Waals surface area (Å²) >= 11 is 1.47. The quantitative estimate of drug-likeness (QED) is 0.832. The molecule has 3 N–H and O–H groups in total. The summed E-state index contributed by atoms with van der Waals surface area (Å²) in [5.74, 6) is -0.175. The van der Waals surface area contributed by atoms with E-state index in [-0.39, 0.29) is 0 Å². The van der Waals surface area contributed by atoms with Crippen LogP contribution in [0.3, 0.4) is 0 Å². The van der Waals surface area contributed by atoms with Crippen LogP contribution < -0.4 is 11.1 Å². The van der Waals surface area contributed by atoms with Crippen LogP contribution in [0.5, 0.6) is 0 Å². The number of thioether (sulfide) groups is 1. The van der Waals surface area contributed by atoms with E-state index >= 15 is 0 Å². The Morgan fingerprint density at radius 2 is 1.86 bits per heavy atom.